The highest BCUT2D eigenvalue weighted by molar-refractivity contribution is 9.10. The maximum absolute atomic E-state index is 14.2. The lowest BCUT2D eigenvalue weighted by Gasteiger charge is -2.09. The van der Waals surface area contributed by atoms with E-state index in [2.05, 4.69) is 31.2 Å². The Morgan fingerprint density at radius 1 is 1.37 bits per heavy atom. The van der Waals surface area contributed by atoms with Gasteiger partial charge in [-0.25, -0.2) is 14.4 Å². The summed E-state index contributed by atoms with van der Waals surface area (Å²) in [6, 6.07) is 5.07. The van der Waals surface area contributed by atoms with E-state index < -0.39 is 5.82 Å². The van der Waals surface area contributed by atoms with Gasteiger partial charge in [-0.1, -0.05) is 11.6 Å². The fourth-order valence-electron chi connectivity index (χ4n) is 1.67. The summed E-state index contributed by atoms with van der Waals surface area (Å²) in [5.74, 6) is -0.00692. The van der Waals surface area contributed by atoms with E-state index in [0.717, 1.165) is 5.69 Å². The van der Waals surface area contributed by atoms with Crippen molar-refractivity contribution in [2.24, 2.45) is 0 Å². The molecule has 19 heavy (non-hydrogen) atoms. The lowest BCUT2D eigenvalue weighted by molar-refractivity contribution is 0.630. The summed E-state index contributed by atoms with van der Waals surface area (Å²) in [4.78, 5) is 8.52. The molecular formula is C13H12BrClFN3. The highest BCUT2D eigenvalue weighted by atomic mass is 79.9. The normalized spacial score (nSPS) is 10.6. The van der Waals surface area contributed by atoms with Crippen molar-refractivity contribution in [2.75, 3.05) is 11.9 Å². The third kappa shape index (κ3) is 3.04. The predicted molar refractivity (Wildman–Crippen MR) is 79.0 cm³/mol. The molecule has 0 unspecified atom stereocenters. The molecule has 0 aliphatic rings. The van der Waals surface area contributed by atoms with Crippen molar-refractivity contribution in [3.63, 3.8) is 0 Å². The Balaban J connectivity index is 2.55. The Bertz CT molecular complexity index is 619. The first kappa shape index (κ1) is 14.2. The van der Waals surface area contributed by atoms with Crippen LogP contribution in [-0.2, 0) is 0 Å². The molecule has 2 aromatic rings. The highest BCUT2D eigenvalue weighted by Crippen LogP contribution is 2.32. The van der Waals surface area contributed by atoms with Gasteiger partial charge in [0.15, 0.2) is 5.82 Å². The number of nitrogens with one attached hydrogen (secondary N) is 1. The molecular weight excluding hydrogens is 333 g/mol. The molecule has 1 aromatic heterocycles. The predicted octanol–water partition coefficient (Wildman–Crippen LogP) is 4.44. The smallest absolute Gasteiger partial charge is 0.223 e. The lowest BCUT2D eigenvalue weighted by Crippen LogP contribution is -2.04. The third-order valence-electron chi connectivity index (χ3n) is 2.50. The Kier molecular flexibility index (Phi) is 4.37. The first-order chi connectivity index (χ1) is 9.02. The van der Waals surface area contributed by atoms with Crippen LogP contribution in [0.1, 0.15) is 12.6 Å². The number of rotatable bonds is 3. The fourth-order valence-corrected chi connectivity index (χ4v) is 2.14. The molecule has 0 radical (unpaired) electrons. The summed E-state index contributed by atoms with van der Waals surface area (Å²) in [5.41, 5.74) is 1.63. The first-order valence-electron chi connectivity index (χ1n) is 5.76. The largest absolute Gasteiger partial charge is 0.354 e. The number of aryl methyl sites for hydroxylation is 1. The fraction of sp³-hybridized carbons (Fsp3) is 0.231. The standard InChI is InChI=1S/C13H12BrClFN3/c1-3-17-13-18-7(2)6-10(19-13)8-4-5-9(14)11(15)12(8)16/h4-6H,3H2,1-2H3,(H,17,18,19). The summed E-state index contributed by atoms with van der Waals surface area (Å²) in [5, 5.41) is 3.07. The van der Waals surface area contributed by atoms with Gasteiger partial charge < -0.3 is 5.32 Å². The average molecular weight is 345 g/mol. The molecule has 0 atom stereocenters. The number of hydrogen-bond acceptors (Lipinski definition) is 3. The molecule has 3 nitrogen and oxygen atoms in total. The van der Waals surface area contributed by atoms with Crippen molar-refractivity contribution < 1.29 is 4.39 Å². The van der Waals surface area contributed by atoms with Gasteiger partial charge in [-0.3, -0.25) is 0 Å². The molecule has 0 aliphatic heterocycles. The Hall–Kier alpha value is -1.20. The maximum atomic E-state index is 14.2. The van der Waals surface area contributed by atoms with Gasteiger partial charge in [-0.15, -0.1) is 0 Å². The summed E-state index contributed by atoms with van der Waals surface area (Å²) < 4.78 is 14.7. The molecule has 1 heterocycles. The van der Waals surface area contributed by atoms with Crippen LogP contribution in [0.2, 0.25) is 5.02 Å². The van der Waals surface area contributed by atoms with Gasteiger partial charge in [0, 0.05) is 22.3 Å². The van der Waals surface area contributed by atoms with Crippen LogP contribution in [0, 0.1) is 12.7 Å². The molecule has 1 N–H and O–H groups in total. The van der Waals surface area contributed by atoms with E-state index in [1.807, 2.05) is 13.8 Å². The van der Waals surface area contributed by atoms with Gasteiger partial charge >= 0.3 is 0 Å². The van der Waals surface area contributed by atoms with Gasteiger partial charge in [-0.05, 0) is 48.0 Å². The van der Waals surface area contributed by atoms with Crippen LogP contribution >= 0.6 is 27.5 Å². The van der Waals surface area contributed by atoms with Gasteiger partial charge in [0.05, 0.1) is 10.7 Å². The summed E-state index contributed by atoms with van der Waals surface area (Å²) >= 11 is 9.08. The first-order valence-corrected chi connectivity index (χ1v) is 6.93. The Labute approximate surface area is 124 Å². The Morgan fingerprint density at radius 3 is 2.79 bits per heavy atom. The number of aromatic nitrogens is 2. The SMILES string of the molecule is CCNc1nc(C)cc(-c2ccc(Br)c(Cl)c2F)n1. The number of nitrogens with zero attached hydrogens (tertiary/aromatic N) is 2. The molecule has 6 heteroatoms. The van der Waals surface area contributed by atoms with E-state index in [9.17, 15) is 4.39 Å². The Morgan fingerprint density at radius 2 is 2.11 bits per heavy atom. The molecule has 0 aliphatic carbocycles. The van der Waals surface area contributed by atoms with Crippen molar-refractivity contribution in [3.05, 3.63) is 39.2 Å². The molecule has 0 spiro atoms. The van der Waals surface area contributed by atoms with Crippen LogP contribution in [0.3, 0.4) is 0 Å². The third-order valence-corrected chi connectivity index (χ3v) is 3.76. The lowest BCUT2D eigenvalue weighted by atomic mass is 10.1. The van der Waals surface area contributed by atoms with Gasteiger partial charge in [0.25, 0.3) is 0 Å². The summed E-state index contributed by atoms with van der Waals surface area (Å²) in [6.45, 7) is 4.49. The topological polar surface area (TPSA) is 37.8 Å². The summed E-state index contributed by atoms with van der Waals surface area (Å²) in [6.07, 6.45) is 0. The second-order valence-electron chi connectivity index (χ2n) is 3.97. The molecule has 0 saturated carbocycles. The summed E-state index contributed by atoms with van der Waals surface area (Å²) in [7, 11) is 0. The zero-order chi connectivity index (χ0) is 14.0. The van der Waals surface area contributed by atoms with Crippen molar-refractivity contribution >= 4 is 33.5 Å². The molecule has 0 amide bonds. The minimum Gasteiger partial charge on any atom is -0.354 e. The quantitative estimate of drug-likeness (QED) is 0.837. The van der Waals surface area contributed by atoms with Crippen LogP contribution < -0.4 is 5.32 Å². The van der Waals surface area contributed by atoms with Crippen LogP contribution in [-0.4, -0.2) is 16.5 Å². The number of halogens is 3. The van der Waals surface area contributed by atoms with E-state index in [1.165, 1.54) is 0 Å². The van der Waals surface area contributed by atoms with Crippen LogP contribution in [0.25, 0.3) is 11.3 Å². The van der Waals surface area contributed by atoms with Crippen LogP contribution in [0.15, 0.2) is 22.7 Å². The van der Waals surface area contributed by atoms with E-state index in [4.69, 9.17) is 11.6 Å². The van der Waals surface area contributed by atoms with Crippen molar-refractivity contribution in [1.29, 1.82) is 0 Å². The van der Waals surface area contributed by atoms with Crippen molar-refractivity contribution in [3.8, 4) is 11.3 Å². The second kappa shape index (κ2) is 5.84. The molecule has 0 saturated heterocycles. The van der Waals surface area contributed by atoms with Crippen molar-refractivity contribution in [1.82, 2.24) is 9.97 Å². The number of hydrogen-bond donors (Lipinski definition) is 1. The van der Waals surface area contributed by atoms with E-state index in [-0.39, 0.29) is 5.02 Å². The van der Waals surface area contributed by atoms with Gasteiger partial charge in [-0.2, -0.15) is 0 Å². The molecule has 2 rings (SSSR count). The minimum absolute atomic E-state index is 0.0544. The minimum atomic E-state index is -0.489. The zero-order valence-electron chi connectivity index (χ0n) is 10.5. The monoisotopic (exact) mass is 343 g/mol. The van der Waals surface area contributed by atoms with Crippen LogP contribution in [0.4, 0.5) is 10.3 Å². The molecule has 0 fully saturated rings. The van der Waals surface area contributed by atoms with Crippen LogP contribution in [0.5, 0.6) is 0 Å². The van der Waals surface area contributed by atoms with E-state index >= 15 is 0 Å². The van der Waals surface area contributed by atoms with E-state index in [1.54, 1.807) is 18.2 Å². The second-order valence-corrected chi connectivity index (χ2v) is 5.20. The molecule has 1 aromatic carbocycles. The number of anilines is 1. The number of benzene rings is 1. The average Bonchev–Trinajstić information content (AvgIpc) is 2.36. The van der Waals surface area contributed by atoms with Gasteiger partial charge in [0.2, 0.25) is 5.95 Å². The van der Waals surface area contributed by atoms with Gasteiger partial charge in [0.1, 0.15) is 0 Å². The van der Waals surface area contributed by atoms with Crippen molar-refractivity contribution in [2.45, 2.75) is 13.8 Å². The highest BCUT2D eigenvalue weighted by Gasteiger charge is 2.14. The molecule has 100 valence electrons. The van der Waals surface area contributed by atoms with E-state index in [0.29, 0.717) is 28.2 Å². The molecule has 0 bridgehead atoms. The maximum Gasteiger partial charge on any atom is 0.223 e. The zero-order valence-corrected chi connectivity index (χ0v) is 12.8.